The van der Waals surface area contributed by atoms with Gasteiger partial charge in [0, 0.05) is 50.2 Å². The van der Waals surface area contributed by atoms with E-state index < -0.39 is 0 Å². The Balaban J connectivity index is 0.00000182. The number of halogens is 2. The molecule has 0 bridgehead atoms. The molecule has 0 spiro atoms. The van der Waals surface area contributed by atoms with Gasteiger partial charge < -0.3 is 15.5 Å². The van der Waals surface area contributed by atoms with Gasteiger partial charge in [-0.15, -0.1) is 24.8 Å². The van der Waals surface area contributed by atoms with Crippen molar-refractivity contribution in [1.29, 1.82) is 0 Å². The number of hydrogen-bond donors (Lipinski definition) is 1. The van der Waals surface area contributed by atoms with Crippen LogP contribution in [0.4, 0.5) is 0 Å². The van der Waals surface area contributed by atoms with E-state index in [0.717, 1.165) is 38.8 Å². The van der Waals surface area contributed by atoms with Gasteiger partial charge in [0.25, 0.3) is 5.91 Å². The minimum absolute atomic E-state index is 0. The Hall–Kier alpha value is -1.37. The van der Waals surface area contributed by atoms with Crippen molar-refractivity contribution in [2.75, 3.05) is 26.2 Å². The zero-order valence-electron chi connectivity index (χ0n) is 15.8. The van der Waals surface area contributed by atoms with Crippen molar-refractivity contribution in [3.05, 3.63) is 30.1 Å². The summed E-state index contributed by atoms with van der Waals surface area (Å²) in [6.07, 6.45) is 7.10. The minimum Gasteiger partial charge on any atom is -0.342 e. The molecule has 3 atom stereocenters. The Kier molecular flexibility index (Phi) is 9.50. The predicted molar refractivity (Wildman–Crippen MR) is 110 cm³/mol. The summed E-state index contributed by atoms with van der Waals surface area (Å²) >= 11 is 0. The van der Waals surface area contributed by atoms with E-state index in [1.807, 2.05) is 16.7 Å². The maximum atomic E-state index is 13.0. The zero-order chi connectivity index (χ0) is 17.8. The number of piperidine rings is 2. The second kappa shape index (κ2) is 10.8. The first-order valence-corrected chi connectivity index (χ1v) is 9.30. The molecule has 0 saturated carbocycles. The molecule has 2 aliphatic rings. The van der Waals surface area contributed by atoms with E-state index >= 15 is 0 Å². The molecule has 0 radical (unpaired) electrons. The molecule has 0 aliphatic carbocycles. The van der Waals surface area contributed by atoms with E-state index in [1.165, 1.54) is 0 Å². The van der Waals surface area contributed by atoms with Crippen LogP contribution in [0.3, 0.4) is 0 Å². The lowest BCUT2D eigenvalue weighted by Gasteiger charge is -2.39. The van der Waals surface area contributed by atoms with Gasteiger partial charge in [0.15, 0.2) is 0 Å². The number of carbonyl (C=O) groups is 2. The molecule has 2 N–H and O–H groups in total. The van der Waals surface area contributed by atoms with Gasteiger partial charge in [-0.25, -0.2) is 0 Å². The lowest BCUT2D eigenvalue weighted by Crippen LogP contribution is -2.50. The van der Waals surface area contributed by atoms with E-state index in [1.54, 1.807) is 24.5 Å². The molecule has 2 fully saturated rings. The van der Waals surface area contributed by atoms with E-state index in [2.05, 4.69) is 4.98 Å². The minimum atomic E-state index is -0.0913. The second-order valence-electron chi connectivity index (χ2n) is 7.37. The molecule has 1 aromatic rings. The van der Waals surface area contributed by atoms with Crippen molar-refractivity contribution < 1.29 is 9.59 Å². The fourth-order valence-electron chi connectivity index (χ4n) is 3.94. The highest BCUT2D eigenvalue weighted by molar-refractivity contribution is 5.94. The number of aromatic nitrogens is 1. The number of nitrogens with two attached hydrogens (primary N) is 1. The Bertz CT molecular complexity index is 615. The first-order chi connectivity index (χ1) is 12.1. The van der Waals surface area contributed by atoms with Gasteiger partial charge in [-0.05, 0) is 50.7 Å². The van der Waals surface area contributed by atoms with Crippen molar-refractivity contribution in [3.63, 3.8) is 0 Å². The van der Waals surface area contributed by atoms with E-state index in [9.17, 15) is 9.59 Å². The van der Waals surface area contributed by atoms with Crippen LogP contribution >= 0.6 is 24.8 Å². The molecule has 3 unspecified atom stereocenters. The van der Waals surface area contributed by atoms with Crippen LogP contribution in [-0.2, 0) is 4.79 Å². The molecule has 3 rings (SSSR count). The summed E-state index contributed by atoms with van der Waals surface area (Å²) in [5.41, 5.74) is 6.68. The third-order valence-corrected chi connectivity index (χ3v) is 5.50. The van der Waals surface area contributed by atoms with Crippen molar-refractivity contribution in [2.45, 2.75) is 38.6 Å². The van der Waals surface area contributed by atoms with Crippen molar-refractivity contribution >= 4 is 36.6 Å². The number of amides is 2. The molecule has 3 heterocycles. The highest BCUT2D eigenvalue weighted by atomic mass is 35.5. The van der Waals surface area contributed by atoms with Gasteiger partial charge >= 0.3 is 0 Å². The number of likely N-dealkylation sites (tertiary alicyclic amines) is 2. The van der Waals surface area contributed by atoms with Crippen LogP contribution in [0.5, 0.6) is 0 Å². The van der Waals surface area contributed by atoms with Crippen LogP contribution in [0.1, 0.15) is 43.0 Å². The molecular weight excluding hydrogens is 387 g/mol. The maximum Gasteiger partial charge on any atom is 0.253 e. The molecule has 2 saturated heterocycles. The Morgan fingerprint density at radius 2 is 1.70 bits per heavy atom. The average Bonchev–Trinajstić information content (AvgIpc) is 2.67. The zero-order valence-corrected chi connectivity index (χ0v) is 17.4. The highest BCUT2D eigenvalue weighted by Gasteiger charge is 2.34. The maximum absolute atomic E-state index is 13.0. The van der Waals surface area contributed by atoms with Gasteiger partial charge in [-0.1, -0.05) is 0 Å². The molecule has 2 amide bonds. The number of hydrogen-bond acceptors (Lipinski definition) is 4. The van der Waals surface area contributed by atoms with Gasteiger partial charge in [-0.3, -0.25) is 14.6 Å². The van der Waals surface area contributed by atoms with E-state index in [4.69, 9.17) is 5.73 Å². The third kappa shape index (κ3) is 5.80. The Morgan fingerprint density at radius 1 is 1.07 bits per heavy atom. The first-order valence-electron chi connectivity index (χ1n) is 9.30. The van der Waals surface area contributed by atoms with Gasteiger partial charge in [-0.2, -0.15) is 0 Å². The lowest BCUT2D eigenvalue weighted by atomic mass is 9.90. The number of carbonyl (C=O) groups excluding carboxylic acids is 2. The average molecular weight is 417 g/mol. The Labute approximate surface area is 173 Å². The summed E-state index contributed by atoms with van der Waals surface area (Å²) in [6.45, 7) is 4.82. The first kappa shape index (κ1) is 23.7. The monoisotopic (exact) mass is 416 g/mol. The molecular formula is C19H30Cl2N4O2. The summed E-state index contributed by atoms with van der Waals surface area (Å²) < 4.78 is 0. The van der Waals surface area contributed by atoms with Crippen LogP contribution in [0.25, 0.3) is 0 Å². The second-order valence-corrected chi connectivity index (χ2v) is 7.37. The molecule has 8 heteroatoms. The molecule has 2 aliphatic heterocycles. The van der Waals surface area contributed by atoms with Crippen LogP contribution in [0.15, 0.2) is 24.5 Å². The van der Waals surface area contributed by atoms with Crippen LogP contribution < -0.4 is 5.73 Å². The number of nitrogens with zero attached hydrogens (tertiary/aromatic N) is 3. The van der Waals surface area contributed by atoms with Crippen LogP contribution in [0, 0.1) is 11.8 Å². The fourth-order valence-corrected chi connectivity index (χ4v) is 3.94. The van der Waals surface area contributed by atoms with Crippen LogP contribution in [0.2, 0.25) is 0 Å². The quantitative estimate of drug-likeness (QED) is 0.819. The normalized spacial score (nSPS) is 23.6. The van der Waals surface area contributed by atoms with Crippen molar-refractivity contribution in [2.24, 2.45) is 17.6 Å². The summed E-state index contributed by atoms with van der Waals surface area (Å²) in [4.78, 5) is 33.4. The SMILES string of the molecule is CC(N)C1CCCN(C(=O)C2CCCN(C(=O)c3ccncc3)C2)C1.Cl.Cl. The predicted octanol–water partition coefficient (Wildman–Crippen LogP) is 2.36. The molecule has 1 aromatic heterocycles. The molecule has 0 aromatic carbocycles. The largest absolute Gasteiger partial charge is 0.342 e. The number of rotatable bonds is 3. The van der Waals surface area contributed by atoms with Crippen LogP contribution in [-0.4, -0.2) is 58.8 Å². The van der Waals surface area contributed by atoms with Crippen molar-refractivity contribution in [3.8, 4) is 0 Å². The fraction of sp³-hybridized carbons (Fsp3) is 0.632. The van der Waals surface area contributed by atoms with E-state index in [-0.39, 0.29) is 48.6 Å². The van der Waals surface area contributed by atoms with Gasteiger partial charge in [0.05, 0.1) is 5.92 Å². The lowest BCUT2D eigenvalue weighted by molar-refractivity contribution is -0.138. The molecule has 27 heavy (non-hydrogen) atoms. The standard InChI is InChI=1S/C19H28N4O2.2ClH/c1-14(20)16-4-2-10-22(12-16)19(25)17-5-3-11-23(13-17)18(24)15-6-8-21-9-7-15;;/h6-9,14,16-17H,2-5,10-13,20H2,1H3;2*1H. The van der Waals surface area contributed by atoms with Gasteiger partial charge in [0.1, 0.15) is 0 Å². The van der Waals surface area contributed by atoms with Crippen molar-refractivity contribution in [1.82, 2.24) is 14.8 Å². The molecule has 152 valence electrons. The summed E-state index contributed by atoms with van der Waals surface area (Å²) in [6, 6.07) is 3.57. The summed E-state index contributed by atoms with van der Waals surface area (Å²) in [7, 11) is 0. The van der Waals surface area contributed by atoms with Gasteiger partial charge in [0.2, 0.25) is 5.91 Å². The summed E-state index contributed by atoms with van der Waals surface area (Å²) in [5, 5.41) is 0. The topological polar surface area (TPSA) is 79.5 Å². The number of pyridine rings is 1. The Morgan fingerprint density at radius 3 is 2.37 bits per heavy atom. The highest BCUT2D eigenvalue weighted by Crippen LogP contribution is 2.25. The van der Waals surface area contributed by atoms with E-state index in [0.29, 0.717) is 24.6 Å². The third-order valence-electron chi connectivity index (χ3n) is 5.50. The summed E-state index contributed by atoms with van der Waals surface area (Å²) in [5.74, 6) is 0.479. The smallest absolute Gasteiger partial charge is 0.253 e. The molecule has 6 nitrogen and oxygen atoms in total.